The fraction of sp³-hybridized carbons (Fsp3) is 0.579. The van der Waals surface area contributed by atoms with Crippen LogP contribution in [0.3, 0.4) is 0 Å². The predicted octanol–water partition coefficient (Wildman–Crippen LogP) is 2.27. The summed E-state index contributed by atoms with van der Waals surface area (Å²) in [4.78, 5) is 28.3. The van der Waals surface area contributed by atoms with Crippen molar-refractivity contribution in [3.05, 3.63) is 35.4 Å². The molecule has 1 saturated heterocycles. The first kappa shape index (κ1) is 18.5. The molecule has 0 saturated carbocycles. The standard InChI is InChI=1S/C19H29N3O2/c1-3-21(4-2)15-16-7-9-17(10-8-16)19(24)20-12-11-18(23)22-13-5-6-14-22/h7-10H,3-6,11-15H2,1-2H3,(H,20,24). The zero-order valence-corrected chi connectivity index (χ0v) is 14.9. The maximum atomic E-state index is 12.1. The molecule has 1 aromatic rings. The van der Waals surface area contributed by atoms with Crippen molar-refractivity contribution >= 4 is 11.8 Å². The Morgan fingerprint density at radius 3 is 2.29 bits per heavy atom. The van der Waals surface area contributed by atoms with Gasteiger partial charge in [0.05, 0.1) is 0 Å². The molecule has 1 N–H and O–H groups in total. The molecule has 24 heavy (non-hydrogen) atoms. The molecule has 0 unspecified atom stereocenters. The van der Waals surface area contributed by atoms with Gasteiger partial charge in [-0.05, 0) is 43.6 Å². The smallest absolute Gasteiger partial charge is 0.251 e. The number of nitrogens with one attached hydrogen (secondary N) is 1. The largest absolute Gasteiger partial charge is 0.352 e. The summed E-state index contributed by atoms with van der Waals surface area (Å²) in [6.45, 7) is 9.35. The van der Waals surface area contributed by atoms with Gasteiger partial charge in [-0.15, -0.1) is 0 Å². The van der Waals surface area contributed by atoms with Gasteiger partial charge in [-0.3, -0.25) is 14.5 Å². The number of carbonyl (C=O) groups is 2. The summed E-state index contributed by atoms with van der Waals surface area (Å²) in [5.41, 5.74) is 1.85. The molecular formula is C19H29N3O2. The Kier molecular flexibility index (Phi) is 7.25. The monoisotopic (exact) mass is 331 g/mol. The van der Waals surface area contributed by atoms with Crippen molar-refractivity contribution in [2.75, 3.05) is 32.7 Å². The topological polar surface area (TPSA) is 52.7 Å². The number of hydrogen-bond donors (Lipinski definition) is 1. The van der Waals surface area contributed by atoms with E-state index in [0.717, 1.165) is 45.6 Å². The zero-order valence-electron chi connectivity index (χ0n) is 14.9. The zero-order chi connectivity index (χ0) is 17.4. The van der Waals surface area contributed by atoms with Crippen molar-refractivity contribution < 1.29 is 9.59 Å². The predicted molar refractivity (Wildman–Crippen MR) is 95.8 cm³/mol. The van der Waals surface area contributed by atoms with Gasteiger partial charge in [0.1, 0.15) is 0 Å². The first-order chi connectivity index (χ1) is 11.6. The maximum absolute atomic E-state index is 12.1. The summed E-state index contributed by atoms with van der Waals surface area (Å²) < 4.78 is 0. The van der Waals surface area contributed by atoms with E-state index in [0.29, 0.717) is 18.5 Å². The van der Waals surface area contributed by atoms with E-state index in [9.17, 15) is 9.59 Å². The lowest BCUT2D eigenvalue weighted by Gasteiger charge is -2.18. The van der Waals surface area contributed by atoms with Crippen LogP contribution in [0.5, 0.6) is 0 Å². The van der Waals surface area contributed by atoms with Crippen molar-refractivity contribution in [1.29, 1.82) is 0 Å². The maximum Gasteiger partial charge on any atom is 0.251 e. The number of carbonyl (C=O) groups excluding carboxylic acids is 2. The highest BCUT2D eigenvalue weighted by atomic mass is 16.2. The van der Waals surface area contributed by atoms with Gasteiger partial charge in [0.25, 0.3) is 5.91 Å². The molecule has 5 nitrogen and oxygen atoms in total. The van der Waals surface area contributed by atoms with E-state index >= 15 is 0 Å². The highest BCUT2D eigenvalue weighted by molar-refractivity contribution is 5.94. The van der Waals surface area contributed by atoms with Gasteiger partial charge in [0.15, 0.2) is 0 Å². The molecule has 0 aromatic heterocycles. The lowest BCUT2D eigenvalue weighted by molar-refractivity contribution is -0.129. The van der Waals surface area contributed by atoms with E-state index in [2.05, 4.69) is 24.1 Å². The van der Waals surface area contributed by atoms with E-state index in [-0.39, 0.29) is 11.8 Å². The van der Waals surface area contributed by atoms with Gasteiger partial charge < -0.3 is 10.2 Å². The van der Waals surface area contributed by atoms with Crippen LogP contribution >= 0.6 is 0 Å². The summed E-state index contributed by atoms with van der Waals surface area (Å²) in [5.74, 6) is 0.0287. The minimum absolute atomic E-state index is 0.112. The Morgan fingerprint density at radius 2 is 1.71 bits per heavy atom. The molecular weight excluding hydrogens is 302 g/mol. The molecule has 0 bridgehead atoms. The molecule has 2 amide bonds. The summed E-state index contributed by atoms with van der Waals surface area (Å²) in [7, 11) is 0. The molecule has 1 aromatic carbocycles. The number of likely N-dealkylation sites (tertiary alicyclic amines) is 1. The van der Waals surface area contributed by atoms with Crippen LogP contribution in [-0.4, -0.2) is 54.3 Å². The summed E-state index contributed by atoms with van der Waals surface area (Å²) in [6.07, 6.45) is 2.57. The van der Waals surface area contributed by atoms with E-state index in [4.69, 9.17) is 0 Å². The average Bonchev–Trinajstić information content (AvgIpc) is 3.14. The summed E-state index contributed by atoms with van der Waals surface area (Å²) in [5, 5.41) is 2.84. The molecule has 132 valence electrons. The van der Waals surface area contributed by atoms with Crippen LogP contribution in [0.4, 0.5) is 0 Å². The molecule has 1 heterocycles. The van der Waals surface area contributed by atoms with E-state index in [1.165, 1.54) is 5.56 Å². The lowest BCUT2D eigenvalue weighted by atomic mass is 10.1. The van der Waals surface area contributed by atoms with Crippen molar-refractivity contribution in [3.63, 3.8) is 0 Å². The highest BCUT2D eigenvalue weighted by Crippen LogP contribution is 2.09. The minimum atomic E-state index is -0.112. The van der Waals surface area contributed by atoms with E-state index in [1.54, 1.807) is 0 Å². The van der Waals surface area contributed by atoms with Crippen LogP contribution in [0, 0.1) is 0 Å². The molecule has 0 atom stereocenters. The van der Waals surface area contributed by atoms with Crippen molar-refractivity contribution in [3.8, 4) is 0 Å². The van der Waals surface area contributed by atoms with Gasteiger partial charge in [0.2, 0.25) is 5.91 Å². The van der Waals surface area contributed by atoms with Gasteiger partial charge in [0, 0.05) is 38.2 Å². The molecule has 5 heteroatoms. The number of hydrogen-bond acceptors (Lipinski definition) is 3. The van der Waals surface area contributed by atoms with Gasteiger partial charge in [-0.1, -0.05) is 26.0 Å². The van der Waals surface area contributed by atoms with Crippen LogP contribution in [0.15, 0.2) is 24.3 Å². The van der Waals surface area contributed by atoms with Gasteiger partial charge in [-0.25, -0.2) is 0 Å². The Labute approximate surface area is 145 Å². The third-order valence-electron chi connectivity index (χ3n) is 4.60. The molecule has 1 fully saturated rings. The van der Waals surface area contributed by atoms with Crippen molar-refractivity contribution in [2.45, 2.75) is 39.7 Å². The SMILES string of the molecule is CCN(CC)Cc1ccc(C(=O)NCCC(=O)N2CCCC2)cc1. The molecule has 1 aliphatic heterocycles. The van der Waals surface area contributed by atoms with Crippen LogP contribution < -0.4 is 5.32 Å². The summed E-state index contributed by atoms with van der Waals surface area (Å²) >= 11 is 0. The molecule has 0 spiro atoms. The number of amides is 2. The average molecular weight is 331 g/mol. The molecule has 0 radical (unpaired) electrons. The fourth-order valence-electron chi connectivity index (χ4n) is 2.98. The fourth-order valence-corrected chi connectivity index (χ4v) is 2.98. The van der Waals surface area contributed by atoms with Crippen LogP contribution in [-0.2, 0) is 11.3 Å². The van der Waals surface area contributed by atoms with Crippen molar-refractivity contribution in [2.24, 2.45) is 0 Å². The van der Waals surface area contributed by atoms with Crippen molar-refractivity contribution in [1.82, 2.24) is 15.1 Å². The molecule has 1 aliphatic rings. The van der Waals surface area contributed by atoms with Crippen LogP contribution in [0.2, 0.25) is 0 Å². The first-order valence-corrected chi connectivity index (χ1v) is 9.01. The lowest BCUT2D eigenvalue weighted by Crippen LogP contribution is -2.32. The third-order valence-corrected chi connectivity index (χ3v) is 4.60. The number of benzene rings is 1. The Balaban J connectivity index is 1.76. The highest BCUT2D eigenvalue weighted by Gasteiger charge is 2.17. The third kappa shape index (κ3) is 5.34. The van der Waals surface area contributed by atoms with Crippen LogP contribution in [0.25, 0.3) is 0 Å². The first-order valence-electron chi connectivity index (χ1n) is 9.01. The quantitative estimate of drug-likeness (QED) is 0.795. The minimum Gasteiger partial charge on any atom is -0.352 e. The second-order valence-electron chi connectivity index (χ2n) is 6.25. The van der Waals surface area contributed by atoms with E-state index in [1.807, 2.05) is 29.2 Å². The second kappa shape index (κ2) is 9.42. The number of nitrogens with zero attached hydrogens (tertiary/aromatic N) is 2. The van der Waals surface area contributed by atoms with Crippen LogP contribution in [0.1, 0.15) is 49.0 Å². The Morgan fingerprint density at radius 1 is 1.08 bits per heavy atom. The Bertz CT molecular complexity index is 532. The second-order valence-corrected chi connectivity index (χ2v) is 6.25. The number of rotatable bonds is 8. The summed E-state index contributed by atoms with van der Waals surface area (Å²) in [6, 6.07) is 7.72. The van der Waals surface area contributed by atoms with Gasteiger partial charge >= 0.3 is 0 Å². The normalized spacial score (nSPS) is 14.2. The Hall–Kier alpha value is -1.88. The van der Waals surface area contributed by atoms with E-state index < -0.39 is 0 Å². The molecule has 2 rings (SSSR count). The van der Waals surface area contributed by atoms with Gasteiger partial charge in [-0.2, -0.15) is 0 Å². The molecule has 0 aliphatic carbocycles.